The summed E-state index contributed by atoms with van der Waals surface area (Å²) in [5, 5.41) is 15.6. The van der Waals surface area contributed by atoms with Crippen LogP contribution in [-0.4, -0.2) is 16.9 Å². The van der Waals surface area contributed by atoms with Crippen molar-refractivity contribution in [1.82, 2.24) is 0 Å². The van der Waals surface area contributed by atoms with Gasteiger partial charge in [-0.1, -0.05) is 36.4 Å². The summed E-state index contributed by atoms with van der Waals surface area (Å²) in [6.07, 6.45) is -1.06. The van der Waals surface area contributed by atoms with E-state index >= 15 is 0 Å². The first-order chi connectivity index (χ1) is 12.5. The van der Waals surface area contributed by atoms with Crippen molar-refractivity contribution in [3.8, 4) is 5.75 Å². The molecule has 0 radical (unpaired) electrons. The first kappa shape index (κ1) is 17.3. The summed E-state index contributed by atoms with van der Waals surface area (Å²) in [5.74, 6) is -1.48. The zero-order chi connectivity index (χ0) is 18.7. The van der Waals surface area contributed by atoms with E-state index in [1.165, 1.54) is 6.92 Å². The van der Waals surface area contributed by atoms with Gasteiger partial charge in [-0.05, 0) is 24.4 Å². The molecule has 0 unspecified atom stereocenters. The fourth-order valence-corrected chi connectivity index (χ4v) is 2.55. The number of hydrogen-bond acceptors (Lipinski definition) is 4. The third-order valence-electron chi connectivity index (χ3n) is 3.84. The summed E-state index contributed by atoms with van der Waals surface area (Å²) in [6.45, 7) is 1.44. The smallest absolute Gasteiger partial charge is 0.311 e. The number of nitro groups is 1. The summed E-state index contributed by atoms with van der Waals surface area (Å²) in [5.41, 5.74) is 0.188. The van der Waals surface area contributed by atoms with Crippen LogP contribution in [0.25, 0.3) is 10.8 Å². The third kappa shape index (κ3) is 3.61. The van der Waals surface area contributed by atoms with Gasteiger partial charge in [0.2, 0.25) is 5.75 Å². The number of hydrogen-bond donors (Lipinski definition) is 1. The largest absolute Gasteiger partial charge is 0.474 e. The van der Waals surface area contributed by atoms with E-state index in [9.17, 15) is 19.3 Å². The molecule has 0 aromatic heterocycles. The number of nitrogens with zero attached hydrogens (tertiary/aromatic N) is 1. The Kier molecular flexibility index (Phi) is 4.79. The topological polar surface area (TPSA) is 81.5 Å². The maximum absolute atomic E-state index is 13.4. The van der Waals surface area contributed by atoms with Gasteiger partial charge >= 0.3 is 5.69 Å². The van der Waals surface area contributed by atoms with Gasteiger partial charge in [0, 0.05) is 23.2 Å². The predicted octanol–water partition coefficient (Wildman–Crippen LogP) is 4.29. The van der Waals surface area contributed by atoms with E-state index in [0.717, 1.165) is 29.0 Å². The minimum absolute atomic E-state index is 0.296. The Morgan fingerprint density at radius 2 is 1.88 bits per heavy atom. The first-order valence-electron chi connectivity index (χ1n) is 7.85. The predicted molar refractivity (Wildman–Crippen MR) is 95.7 cm³/mol. The molecule has 1 amide bonds. The molecule has 3 rings (SSSR count). The Bertz CT molecular complexity index is 985. The first-order valence-corrected chi connectivity index (χ1v) is 7.85. The molecule has 0 aliphatic heterocycles. The number of carbonyl (C=O) groups excluding carboxylic acids is 1. The van der Waals surface area contributed by atoms with Crippen molar-refractivity contribution in [1.29, 1.82) is 0 Å². The number of nitro benzene ring substituents is 1. The van der Waals surface area contributed by atoms with Crippen LogP contribution in [0, 0.1) is 15.9 Å². The van der Waals surface area contributed by atoms with E-state index in [1.54, 1.807) is 12.1 Å². The summed E-state index contributed by atoms with van der Waals surface area (Å²) < 4.78 is 18.7. The number of anilines is 1. The monoisotopic (exact) mass is 354 g/mol. The molecule has 1 N–H and O–H groups in total. The van der Waals surface area contributed by atoms with Crippen LogP contribution >= 0.6 is 0 Å². The van der Waals surface area contributed by atoms with E-state index in [1.807, 2.05) is 30.3 Å². The number of ether oxygens (including phenoxy) is 1. The summed E-state index contributed by atoms with van der Waals surface area (Å²) >= 11 is 0. The minimum atomic E-state index is -1.06. The molecular weight excluding hydrogens is 339 g/mol. The number of fused-ring (bicyclic) bond motifs is 1. The summed E-state index contributed by atoms with van der Waals surface area (Å²) in [6, 6.07) is 15.9. The van der Waals surface area contributed by atoms with Gasteiger partial charge in [0.15, 0.2) is 6.10 Å². The second-order valence-corrected chi connectivity index (χ2v) is 5.65. The van der Waals surface area contributed by atoms with E-state index in [-0.39, 0.29) is 5.75 Å². The number of amides is 1. The lowest BCUT2D eigenvalue weighted by Crippen LogP contribution is -2.30. The number of carbonyl (C=O) groups is 1. The second-order valence-electron chi connectivity index (χ2n) is 5.65. The maximum atomic E-state index is 13.4. The van der Waals surface area contributed by atoms with Crippen molar-refractivity contribution in [3.05, 3.63) is 76.6 Å². The van der Waals surface area contributed by atoms with Crippen molar-refractivity contribution in [2.75, 3.05) is 5.32 Å². The maximum Gasteiger partial charge on any atom is 0.311 e. The zero-order valence-corrected chi connectivity index (χ0v) is 13.8. The molecule has 7 heteroatoms. The zero-order valence-electron chi connectivity index (χ0n) is 13.8. The lowest BCUT2D eigenvalue weighted by molar-refractivity contribution is -0.386. The molecule has 0 saturated heterocycles. The summed E-state index contributed by atoms with van der Waals surface area (Å²) in [4.78, 5) is 22.8. The van der Waals surface area contributed by atoms with Gasteiger partial charge in [0.1, 0.15) is 5.82 Å². The van der Waals surface area contributed by atoms with Gasteiger partial charge in [-0.3, -0.25) is 14.9 Å². The molecule has 0 fully saturated rings. The number of benzene rings is 3. The molecule has 0 heterocycles. The molecule has 0 spiro atoms. The standard InChI is InChI=1S/C19H15FN2O4/c1-12(26-18-11-14(20)9-10-17(18)22(24)25)19(23)21-16-8-4-6-13-5-2-3-7-15(13)16/h2-12H,1H3,(H,21,23)/t12-/m0/s1. The molecule has 1 atom stereocenters. The van der Waals surface area contributed by atoms with Crippen LogP contribution < -0.4 is 10.1 Å². The normalized spacial score (nSPS) is 11.8. The lowest BCUT2D eigenvalue weighted by Gasteiger charge is -2.15. The molecule has 3 aromatic rings. The molecular formula is C19H15FN2O4. The van der Waals surface area contributed by atoms with Gasteiger partial charge in [-0.25, -0.2) is 4.39 Å². The highest BCUT2D eigenvalue weighted by atomic mass is 19.1. The van der Waals surface area contributed by atoms with Gasteiger partial charge in [-0.2, -0.15) is 0 Å². The lowest BCUT2D eigenvalue weighted by atomic mass is 10.1. The average molecular weight is 354 g/mol. The van der Waals surface area contributed by atoms with Crippen LogP contribution in [0.2, 0.25) is 0 Å². The number of rotatable bonds is 5. The van der Waals surface area contributed by atoms with Gasteiger partial charge < -0.3 is 10.1 Å². The van der Waals surface area contributed by atoms with Crippen molar-refractivity contribution < 1.29 is 18.8 Å². The van der Waals surface area contributed by atoms with Crippen LogP contribution in [0.3, 0.4) is 0 Å². The quantitative estimate of drug-likeness (QED) is 0.547. The van der Waals surface area contributed by atoms with E-state index < -0.39 is 28.4 Å². The van der Waals surface area contributed by atoms with Crippen LogP contribution in [0.15, 0.2) is 60.7 Å². The Morgan fingerprint density at radius 3 is 2.65 bits per heavy atom. The number of nitrogens with one attached hydrogen (secondary N) is 1. The van der Waals surface area contributed by atoms with E-state index in [4.69, 9.17) is 4.74 Å². The minimum Gasteiger partial charge on any atom is -0.474 e. The van der Waals surface area contributed by atoms with Crippen LogP contribution in [-0.2, 0) is 4.79 Å². The third-order valence-corrected chi connectivity index (χ3v) is 3.84. The molecule has 26 heavy (non-hydrogen) atoms. The molecule has 0 bridgehead atoms. The van der Waals surface area contributed by atoms with Crippen molar-refractivity contribution >= 4 is 28.1 Å². The van der Waals surface area contributed by atoms with Gasteiger partial charge in [-0.15, -0.1) is 0 Å². The highest BCUT2D eigenvalue weighted by molar-refractivity contribution is 6.03. The van der Waals surface area contributed by atoms with Crippen molar-refractivity contribution in [2.24, 2.45) is 0 Å². The Balaban J connectivity index is 1.80. The van der Waals surface area contributed by atoms with Crippen LogP contribution in [0.1, 0.15) is 6.92 Å². The Hall–Kier alpha value is -3.48. The Morgan fingerprint density at radius 1 is 1.15 bits per heavy atom. The average Bonchev–Trinajstić information content (AvgIpc) is 2.61. The SMILES string of the molecule is C[C@H](Oc1cc(F)ccc1[N+](=O)[O-])C(=O)Nc1cccc2ccccc12. The van der Waals surface area contributed by atoms with E-state index in [0.29, 0.717) is 5.69 Å². The fourth-order valence-electron chi connectivity index (χ4n) is 2.55. The van der Waals surface area contributed by atoms with E-state index in [2.05, 4.69) is 5.32 Å². The summed E-state index contributed by atoms with van der Waals surface area (Å²) in [7, 11) is 0. The van der Waals surface area contributed by atoms with Gasteiger partial charge in [0.25, 0.3) is 5.91 Å². The van der Waals surface area contributed by atoms with Crippen LogP contribution in [0.5, 0.6) is 5.75 Å². The fraction of sp³-hybridized carbons (Fsp3) is 0.105. The highest BCUT2D eigenvalue weighted by Crippen LogP contribution is 2.29. The molecule has 0 saturated carbocycles. The number of halogens is 1. The van der Waals surface area contributed by atoms with Crippen molar-refractivity contribution in [2.45, 2.75) is 13.0 Å². The molecule has 6 nitrogen and oxygen atoms in total. The molecule has 0 aliphatic rings. The van der Waals surface area contributed by atoms with Gasteiger partial charge in [0.05, 0.1) is 4.92 Å². The molecule has 3 aromatic carbocycles. The highest BCUT2D eigenvalue weighted by Gasteiger charge is 2.22. The Labute approximate surface area is 148 Å². The molecule has 0 aliphatic carbocycles. The van der Waals surface area contributed by atoms with Crippen molar-refractivity contribution in [3.63, 3.8) is 0 Å². The second kappa shape index (κ2) is 7.18. The molecule has 132 valence electrons. The van der Waals surface area contributed by atoms with Crippen LogP contribution in [0.4, 0.5) is 15.8 Å².